The highest BCUT2D eigenvalue weighted by molar-refractivity contribution is 6.04. The van der Waals surface area contributed by atoms with Gasteiger partial charge in [-0.2, -0.15) is 5.26 Å². The van der Waals surface area contributed by atoms with Crippen molar-refractivity contribution in [3.8, 4) is 6.07 Å². The maximum Gasteiger partial charge on any atom is 0.348 e. The summed E-state index contributed by atoms with van der Waals surface area (Å²) in [5, 5.41) is 11.6. The number of anilines is 1. The van der Waals surface area contributed by atoms with E-state index in [1.807, 2.05) is 0 Å². The second-order valence-corrected chi connectivity index (χ2v) is 4.95. The molecule has 1 N–H and O–H groups in total. The van der Waals surface area contributed by atoms with Crippen LogP contribution in [0.15, 0.2) is 54.1 Å². The van der Waals surface area contributed by atoms with Gasteiger partial charge in [-0.25, -0.2) is 9.18 Å². The summed E-state index contributed by atoms with van der Waals surface area (Å²) in [6.07, 6.45) is 1.39. The van der Waals surface area contributed by atoms with Crippen LogP contribution in [-0.4, -0.2) is 18.5 Å². The third-order valence-electron chi connectivity index (χ3n) is 3.21. The van der Waals surface area contributed by atoms with Gasteiger partial charge in [-0.1, -0.05) is 24.3 Å². The Morgan fingerprint density at radius 2 is 1.88 bits per heavy atom. The normalized spacial score (nSPS) is 10.7. The molecule has 0 radical (unpaired) electrons. The van der Waals surface area contributed by atoms with Crippen LogP contribution >= 0.6 is 0 Å². The molecule has 0 aliphatic carbocycles. The lowest BCUT2D eigenvalue weighted by atomic mass is 10.1. The number of ether oxygens (including phenoxy) is 1. The van der Waals surface area contributed by atoms with Gasteiger partial charge in [0.25, 0.3) is 5.91 Å². The Hall–Kier alpha value is -3.46. The summed E-state index contributed by atoms with van der Waals surface area (Å²) < 4.78 is 18.4. The van der Waals surface area contributed by atoms with E-state index < -0.39 is 17.7 Å². The Balaban J connectivity index is 2.12. The highest BCUT2D eigenvalue weighted by Crippen LogP contribution is 2.15. The molecule has 5 nitrogen and oxygen atoms in total. The van der Waals surface area contributed by atoms with Crippen molar-refractivity contribution >= 4 is 23.6 Å². The number of hydrogen-bond acceptors (Lipinski definition) is 4. The number of nitriles is 1. The molecular weight excluding hydrogens is 323 g/mol. The first-order valence-corrected chi connectivity index (χ1v) is 7.50. The number of carbonyl (C=O) groups excluding carboxylic acids is 2. The second-order valence-electron chi connectivity index (χ2n) is 4.95. The molecule has 2 aromatic carbocycles. The van der Waals surface area contributed by atoms with Gasteiger partial charge < -0.3 is 10.1 Å². The van der Waals surface area contributed by atoms with Gasteiger partial charge >= 0.3 is 5.97 Å². The van der Waals surface area contributed by atoms with E-state index in [9.17, 15) is 14.0 Å². The Bertz CT molecular complexity index is 852. The highest BCUT2D eigenvalue weighted by Gasteiger charge is 2.11. The molecule has 0 fully saturated rings. The average Bonchev–Trinajstić information content (AvgIpc) is 2.61. The van der Waals surface area contributed by atoms with Crippen LogP contribution in [0.2, 0.25) is 0 Å². The number of benzene rings is 2. The maximum atomic E-state index is 13.6. The number of carbonyl (C=O) groups is 2. The zero-order chi connectivity index (χ0) is 18.2. The fourth-order valence-corrected chi connectivity index (χ4v) is 2.02. The summed E-state index contributed by atoms with van der Waals surface area (Å²) in [7, 11) is 0. The number of nitrogens with one attached hydrogen (secondary N) is 1. The molecule has 25 heavy (non-hydrogen) atoms. The molecule has 0 aliphatic heterocycles. The molecule has 0 saturated carbocycles. The minimum atomic E-state index is -0.693. The molecule has 0 aliphatic rings. The van der Waals surface area contributed by atoms with Gasteiger partial charge in [-0.3, -0.25) is 4.79 Å². The summed E-state index contributed by atoms with van der Waals surface area (Å²) >= 11 is 0. The van der Waals surface area contributed by atoms with Crippen LogP contribution in [0.25, 0.3) is 6.08 Å². The van der Waals surface area contributed by atoms with Crippen molar-refractivity contribution in [1.82, 2.24) is 0 Å². The summed E-state index contributed by atoms with van der Waals surface area (Å²) in [6.45, 7) is 1.83. The van der Waals surface area contributed by atoms with Crippen LogP contribution < -0.4 is 5.32 Å². The predicted octanol–water partition coefficient (Wildman–Crippen LogP) is 3.55. The molecule has 2 rings (SSSR count). The van der Waals surface area contributed by atoms with E-state index in [4.69, 9.17) is 10.00 Å². The lowest BCUT2D eigenvalue weighted by Crippen LogP contribution is -2.13. The minimum absolute atomic E-state index is 0.0550. The first-order valence-electron chi connectivity index (χ1n) is 7.50. The minimum Gasteiger partial charge on any atom is -0.462 e. The fraction of sp³-hybridized carbons (Fsp3) is 0.105. The van der Waals surface area contributed by atoms with Crippen molar-refractivity contribution < 1.29 is 18.7 Å². The van der Waals surface area contributed by atoms with E-state index in [0.717, 1.165) is 0 Å². The molecule has 1 amide bonds. The molecule has 0 saturated heterocycles. The van der Waals surface area contributed by atoms with Crippen LogP contribution in [0.5, 0.6) is 0 Å². The van der Waals surface area contributed by atoms with Crippen LogP contribution in [-0.2, 0) is 9.53 Å². The lowest BCUT2D eigenvalue weighted by molar-refractivity contribution is -0.137. The highest BCUT2D eigenvalue weighted by atomic mass is 19.1. The fourth-order valence-electron chi connectivity index (χ4n) is 2.02. The van der Waals surface area contributed by atoms with Gasteiger partial charge in [-0.15, -0.1) is 0 Å². The molecule has 0 aromatic heterocycles. The van der Waals surface area contributed by atoms with E-state index in [-0.39, 0.29) is 17.7 Å². The third kappa shape index (κ3) is 4.75. The number of amides is 1. The summed E-state index contributed by atoms with van der Waals surface area (Å²) in [4.78, 5) is 23.6. The van der Waals surface area contributed by atoms with Crippen LogP contribution in [0.3, 0.4) is 0 Å². The molecule has 0 spiro atoms. The number of hydrogen-bond donors (Lipinski definition) is 1. The van der Waals surface area contributed by atoms with Gasteiger partial charge in [0.1, 0.15) is 17.5 Å². The smallest absolute Gasteiger partial charge is 0.348 e. The monoisotopic (exact) mass is 338 g/mol. The molecule has 0 unspecified atom stereocenters. The summed E-state index contributed by atoms with van der Waals surface area (Å²) in [5.41, 5.74) is 0.874. The topological polar surface area (TPSA) is 79.2 Å². The van der Waals surface area contributed by atoms with E-state index in [2.05, 4.69) is 5.32 Å². The predicted molar refractivity (Wildman–Crippen MR) is 91.0 cm³/mol. The molecule has 2 aromatic rings. The Morgan fingerprint density at radius 3 is 2.48 bits per heavy atom. The van der Waals surface area contributed by atoms with Crippen molar-refractivity contribution in [1.29, 1.82) is 5.26 Å². The van der Waals surface area contributed by atoms with E-state index in [1.165, 1.54) is 24.3 Å². The SMILES string of the molecule is CCOC(=O)/C(C#N)=C/c1ccc(NC(=O)c2ccccc2F)cc1. The first-order chi connectivity index (χ1) is 12.0. The van der Waals surface area contributed by atoms with Gasteiger partial charge in [0.2, 0.25) is 0 Å². The molecule has 0 atom stereocenters. The van der Waals surface area contributed by atoms with Crippen LogP contribution in [0, 0.1) is 17.1 Å². The van der Waals surface area contributed by atoms with Gasteiger partial charge in [0, 0.05) is 5.69 Å². The lowest BCUT2D eigenvalue weighted by Gasteiger charge is -2.06. The standard InChI is InChI=1S/C19H15FN2O3/c1-2-25-19(24)14(12-21)11-13-7-9-15(10-8-13)22-18(23)16-5-3-4-6-17(16)20/h3-11H,2H2,1H3,(H,22,23)/b14-11+. The number of esters is 1. The average molecular weight is 338 g/mol. The zero-order valence-corrected chi connectivity index (χ0v) is 13.5. The second kappa shape index (κ2) is 8.41. The van der Waals surface area contributed by atoms with E-state index in [1.54, 1.807) is 43.3 Å². The van der Waals surface area contributed by atoms with Crippen molar-refractivity contribution in [2.45, 2.75) is 6.92 Å². The summed E-state index contributed by atoms with van der Waals surface area (Å²) in [6, 6.07) is 13.9. The maximum absolute atomic E-state index is 13.6. The van der Waals surface area contributed by atoms with Crippen molar-refractivity contribution in [3.05, 3.63) is 71.0 Å². The molecule has 0 bridgehead atoms. The summed E-state index contributed by atoms with van der Waals surface area (Å²) in [5.74, 6) is -1.86. The van der Waals surface area contributed by atoms with Gasteiger partial charge in [-0.05, 0) is 42.8 Å². The Labute approximate surface area is 144 Å². The molecule has 0 heterocycles. The Kier molecular flexibility index (Phi) is 6.02. The van der Waals surface area contributed by atoms with Crippen molar-refractivity contribution in [2.24, 2.45) is 0 Å². The quantitative estimate of drug-likeness (QED) is 0.514. The van der Waals surface area contributed by atoms with Crippen LogP contribution in [0.1, 0.15) is 22.8 Å². The van der Waals surface area contributed by atoms with Gasteiger partial charge in [0.15, 0.2) is 0 Å². The first kappa shape index (κ1) is 17.9. The molecule has 6 heteroatoms. The third-order valence-corrected chi connectivity index (χ3v) is 3.21. The number of halogens is 1. The van der Waals surface area contributed by atoms with E-state index in [0.29, 0.717) is 11.3 Å². The van der Waals surface area contributed by atoms with Crippen LogP contribution in [0.4, 0.5) is 10.1 Å². The van der Waals surface area contributed by atoms with E-state index >= 15 is 0 Å². The number of nitrogens with zero attached hydrogens (tertiary/aromatic N) is 1. The molecular formula is C19H15FN2O3. The zero-order valence-electron chi connectivity index (χ0n) is 13.5. The van der Waals surface area contributed by atoms with Crippen molar-refractivity contribution in [3.63, 3.8) is 0 Å². The van der Waals surface area contributed by atoms with Crippen molar-refractivity contribution in [2.75, 3.05) is 11.9 Å². The van der Waals surface area contributed by atoms with Gasteiger partial charge in [0.05, 0.1) is 12.2 Å². The molecule has 126 valence electrons. The Morgan fingerprint density at radius 1 is 1.20 bits per heavy atom. The number of rotatable bonds is 5. The largest absolute Gasteiger partial charge is 0.462 e.